The van der Waals surface area contributed by atoms with Gasteiger partial charge < -0.3 is 9.26 Å². The second-order valence-corrected chi connectivity index (χ2v) is 4.28. The minimum atomic E-state index is -0.429. The molecule has 2 rings (SSSR count). The fourth-order valence-electron chi connectivity index (χ4n) is 1.43. The number of hydrogen-bond donors (Lipinski definition) is 1. The topological polar surface area (TPSA) is 55.2 Å². The zero-order valence-corrected chi connectivity index (χ0v) is 10.7. The van der Waals surface area contributed by atoms with Crippen LogP contribution in [0, 0.1) is 0 Å². The van der Waals surface area contributed by atoms with Crippen molar-refractivity contribution in [3.8, 4) is 5.75 Å². The molecule has 0 radical (unpaired) electrons. The van der Waals surface area contributed by atoms with Gasteiger partial charge in [-0.3, -0.25) is 0 Å². The van der Waals surface area contributed by atoms with Crippen LogP contribution < -0.4 is 20.9 Å². The molecule has 0 aliphatic heterocycles. The van der Waals surface area contributed by atoms with Crippen molar-refractivity contribution in [3.63, 3.8) is 0 Å². The van der Waals surface area contributed by atoms with Crippen LogP contribution in [0.25, 0.3) is 12.7 Å². The second-order valence-electron chi connectivity index (χ2n) is 3.42. The lowest BCUT2D eigenvalue weighted by molar-refractivity contribution is 0.386. The Balaban J connectivity index is 2.58. The Morgan fingerprint density at radius 2 is 2.29 bits per heavy atom. The number of methoxy groups -OCH3 is 1. The Hall–Kier alpha value is -1.75. The third kappa shape index (κ3) is 2.34. The minimum Gasteiger partial charge on any atom is -0.496 e. The quantitative estimate of drug-likeness (QED) is 0.899. The van der Waals surface area contributed by atoms with Gasteiger partial charge in [0.1, 0.15) is 5.75 Å². The van der Waals surface area contributed by atoms with Gasteiger partial charge in [0.05, 0.1) is 22.2 Å². The molecule has 5 heteroatoms. The number of rotatable bonds is 2. The summed E-state index contributed by atoms with van der Waals surface area (Å²) >= 11 is 3.38. The summed E-state index contributed by atoms with van der Waals surface area (Å²) < 4.78 is 10.6. The molecule has 4 nitrogen and oxygen atoms in total. The first-order valence-corrected chi connectivity index (χ1v) is 5.63. The number of aromatic amines is 1. The summed E-state index contributed by atoms with van der Waals surface area (Å²) in [4.78, 5) is 11.3. The van der Waals surface area contributed by atoms with Crippen LogP contribution in [0.4, 0.5) is 0 Å². The number of hydrogen-bond acceptors (Lipinski definition) is 3. The van der Waals surface area contributed by atoms with Gasteiger partial charge in [0.15, 0.2) is 0 Å². The van der Waals surface area contributed by atoms with E-state index in [1.807, 2.05) is 18.2 Å². The lowest BCUT2D eigenvalue weighted by Crippen LogP contribution is -2.31. The molecular weight excluding hydrogens is 286 g/mol. The SMILES string of the molecule is C=c1[nH]oc(=O)/c1=C\c1ccc(OC)c(Br)c1. The van der Waals surface area contributed by atoms with E-state index in [1.165, 1.54) is 0 Å². The number of nitrogens with one attached hydrogen (secondary N) is 1. The fraction of sp³-hybridized carbons (Fsp3) is 0.0833. The van der Waals surface area contributed by atoms with Crippen molar-refractivity contribution in [2.75, 3.05) is 7.11 Å². The van der Waals surface area contributed by atoms with E-state index in [0.717, 1.165) is 15.8 Å². The normalized spacial score (nSPS) is 11.8. The average Bonchev–Trinajstić information content (AvgIpc) is 2.61. The smallest absolute Gasteiger partial charge is 0.365 e. The highest BCUT2D eigenvalue weighted by Crippen LogP contribution is 2.25. The number of aromatic nitrogens is 1. The summed E-state index contributed by atoms with van der Waals surface area (Å²) in [7, 11) is 1.60. The van der Waals surface area contributed by atoms with E-state index in [4.69, 9.17) is 4.74 Å². The summed E-state index contributed by atoms with van der Waals surface area (Å²) in [6.45, 7) is 3.68. The zero-order chi connectivity index (χ0) is 12.4. The first-order valence-electron chi connectivity index (χ1n) is 4.83. The molecule has 1 heterocycles. The molecule has 17 heavy (non-hydrogen) atoms. The van der Waals surface area contributed by atoms with Crippen LogP contribution in [0.1, 0.15) is 5.56 Å². The maximum Gasteiger partial charge on any atom is 0.365 e. The van der Waals surface area contributed by atoms with Crippen molar-refractivity contribution in [3.05, 3.63) is 49.2 Å². The van der Waals surface area contributed by atoms with Crippen molar-refractivity contribution in [2.24, 2.45) is 0 Å². The van der Waals surface area contributed by atoms with Crippen molar-refractivity contribution >= 4 is 28.6 Å². The van der Waals surface area contributed by atoms with E-state index in [2.05, 4.69) is 32.2 Å². The van der Waals surface area contributed by atoms with Gasteiger partial charge in [0.2, 0.25) is 0 Å². The highest BCUT2D eigenvalue weighted by Gasteiger charge is 2.01. The van der Waals surface area contributed by atoms with Crippen LogP contribution in [-0.2, 0) is 0 Å². The van der Waals surface area contributed by atoms with Gasteiger partial charge in [-0.25, -0.2) is 9.95 Å². The molecule has 88 valence electrons. The summed E-state index contributed by atoms with van der Waals surface area (Å²) in [6, 6.07) is 5.51. The Morgan fingerprint density at radius 1 is 1.53 bits per heavy atom. The van der Waals surface area contributed by atoms with Crippen molar-refractivity contribution in [1.82, 2.24) is 5.16 Å². The van der Waals surface area contributed by atoms with Gasteiger partial charge in [-0.05, 0) is 39.7 Å². The lowest BCUT2D eigenvalue weighted by atomic mass is 10.2. The number of H-pyrrole nitrogens is 1. The van der Waals surface area contributed by atoms with Crippen LogP contribution >= 0.6 is 15.9 Å². The van der Waals surface area contributed by atoms with E-state index < -0.39 is 5.63 Å². The molecule has 0 fully saturated rings. The largest absolute Gasteiger partial charge is 0.496 e. The highest BCUT2D eigenvalue weighted by molar-refractivity contribution is 9.10. The minimum absolute atomic E-state index is 0.419. The molecule has 0 aliphatic carbocycles. The highest BCUT2D eigenvalue weighted by atomic mass is 79.9. The predicted octanol–water partition coefficient (Wildman–Crippen LogP) is 0.978. The maximum absolute atomic E-state index is 11.3. The summed E-state index contributed by atoms with van der Waals surface area (Å²) in [5, 5.41) is 3.31. The standard InChI is InChI=1S/C12H10BrNO3/c1-7-9(12(15)17-14-7)5-8-3-4-11(16-2)10(13)6-8/h3-6,14H,1H2,2H3/b9-5-. The average molecular weight is 296 g/mol. The van der Waals surface area contributed by atoms with Gasteiger partial charge in [-0.1, -0.05) is 12.6 Å². The van der Waals surface area contributed by atoms with Crippen LogP contribution in [0.15, 0.2) is 32.0 Å². The zero-order valence-electron chi connectivity index (χ0n) is 9.12. The molecule has 0 atom stereocenters. The first kappa shape index (κ1) is 11.7. The van der Waals surface area contributed by atoms with E-state index >= 15 is 0 Å². The predicted molar refractivity (Wildman–Crippen MR) is 68.4 cm³/mol. The van der Waals surface area contributed by atoms with Gasteiger partial charge in [-0.15, -0.1) is 0 Å². The van der Waals surface area contributed by atoms with E-state index in [1.54, 1.807) is 13.2 Å². The maximum atomic E-state index is 11.3. The third-order valence-electron chi connectivity index (χ3n) is 2.30. The van der Waals surface area contributed by atoms with Gasteiger partial charge >= 0.3 is 5.63 Å². The second kappa shape index (κ2) is 4.63. The molecule has 0 saturated heterocycles. The molecule has 0 spiro atoms. The Labute approximate surface area is 105 Å². The molecule has 0 saturated carbocycles. The Bertz CT molecular complexity index is 669. The summed E-state index contributed by atoms with van der Waals surface area (Å²) in [5.41, 5.74) is 0.427. The van der Waals surface area contributed by atoms with Crippen molar-refractivity contribution in [1.29, 1.82) is 0 Å². The summed E-state index contributed by atoms with van der Waals surface area (Å²) in [6.07, 6.45) is 1.70. The molecule has 1 N–H and O–H groups in total. The molecule has 2 aromatic rings. The molecular formula is C12H10BrNO3. The first-order chi connectivity index (χ1) is 8.11. The van der Waals surface area contributed by atoms with Gasteiger partial charge in [0, 0.05) is 0 Å². The van der Waals surface area contributed by atoms with E-state index in [9.17, 15) is 4.79 Å². The number of halogens is 1. The number of benzene rings is 1. The molecule has 0 aliphatic rings. The van der Waals surface area contributed by atoms with Gasteiger partial charge in [-0.2, -0.15) is 0 Å². The monoisotopic (exact) mass is 295 g/mol. The molecule has 0 bridgehead atoms. The van der Waals surface area contributed by atoms with Crippen LogP contribution in [0.2, 0.25) is 0 Å². The number of ether oxygens (including phenoxy) is 1. The fourth-order valence-corrected chi connectivity index (χ4v) is 1.98. The lowest BCUT2D eigenvalue weighted by Gasteiger charge is -2.02. The van der Waals surface area contributed by atoms with Crippen molar-refractivity contribution < 1.29 is 9.26 Å². The Morgan fingerprint density at radius 3 is 2.82 bits per heavy atom. The summed E-state index contributed by atoms with van der Waals surface area (Å²) in [5.74, 6) is 0.734. The van der Waals surface area contributed by atoms with Crippen LogP contribution in [0.3, 0.4) is 0 Å². The van der Waals surface area contributed by atoms with Gasteiger partial charge in [0.25, 0.3) is 0 Å². The third-order valence-corrected chi connectivity index (χ3v) is 2.92. The molecule has 0 unspecified atom stereocenters. The van der Waals surface area contributed by atoms with Crippen LogP contribution in [0.5, 0.6) is 5.75 Å². The molecule has 0 amide bonds. The van der Waals surface area contributed by atoms with E-state index in [-0.39, 0.29) is 0 Å². The van der Waals surface area contributed by atoms with Crippen LogP contribution in [-0.4, -0.2) is 12.3 Å². The molecule has 1 aromatic heterocycles. The molecule has 1 aromatic carbocycles. The van der Waals surface area contributed by atoms with Crippen molar-refractivity contribution in [2.45, 2.75) is 0 Å². The Kier molecular flexibility index (Phi) is 3.19. The van der Waals surface area contributed by atoms with E-state index in [0.29, 0.717) is 10.6 Å².